The zero-order valence-corrected chi connectivity index (χ0v) is 14.2. The number of primary sulfonamides is 1. The average Bonchev–Trinajstić information content (AvgIpc) is 3.21. The van der Waals surface area contributed by atoms with E-state index in [4.69, 9.17) is 5.14 Å². The number of aromatic nitrogens is 2. The first kappa shape index (κ1) is 16.7. The van der Waals surface area contributed by atoms with E-state index in [-0.39, 0.29) is 17.3 Å². The standard InChI is InChI=1S/C16H20N4O3S/c1-19(10-13-4-2-3-5-15(13)24(17,22)23)16(21)14-8-18-20(11-14)9-12-6-7-12/h2-5,8,11-12H,6-7,9-10H2,1H3,(H2,17,22,23). The first-order valence-electron chi connectivity index (χ1n) is 7.73. The van der Waals surface area contributed by atoms with Crippen LogP contribution in [0.15, 0.2) is 41.6 Å². The van der Waals surface area contributed by atoms with Gasteiger partial charge < -0.3 is 4.90 Å². The third-order valence-electron chi connectivity index (χ3n) is 4.06. The van der Waals surface area contributed by atoms with Gasteiger partial charge in [0.1, 0.15) is 0 Å². The maximum Gasteiger partial charge on any atom is 0.257 e. The van der Waals surface area contributed by atoms with Crippen LogP contribution >= 0.6 is 0 Å². The molecule has 1 fully saturated rings. The summed E-state index contributed by atoms with van der Waals surface area (Å²) in [5, 5.41) is 9.45. The van der Waals surface area contributed by atoms with Gasteiger partial charge in [0.05, 0.1) is 16.7 Å². The van der Waals surface area contributed by atoms with Gasteiger partial charge in [0.15, 0.2) is 0 Å². The van der Waals surface area contributed by atoms with Crippen LogP contribution in [0.5, 0.6) is 0 Å². The van der Waals surface area contributed by atoms with Gasteiger partial charge in [-0.15, -0.1) is 0 Å². The molecule has 7 nitrogen and oxygen atoms in total. The van der Waals surface area contributed by atoms with Gasteiger partial charge in [-0.05, 0) is 30.4 Å². The van der Waals surface area contributed by atoms with Crippen LogP contribution in [0.25, 0.3) is 0 Å². The molecule has 1 aromatic carbocycles. The van der Waals surface area contributed by atoms with E-state index in [0.717, 1.165) is 6.54 Å². The van der Waals surface area contributed by atoms with Gasteiger partial charge in [-0.25, -0.2) is 13.6 Å². The number of rotatable bonds is 6. The molecule has 2 aromatic rings. The fraction of sp³-hybridized carbons (Fsp3) is 0.375. The Balaban J connectivity index is 1.73. The molecule has 8 heteroatoms. The summed E-state index contributed by atoms with van der Waals surface area (Å²) >= 11 is 0. The van der Waals surface area contributed by atoms with E-state index in [0.29, 0.717) is 17.0 Å². The third kappa shape index (κ3) is 3.82. The number of hydrogen-bond acceptors (Lipinski definition) is 4. The second-order valence-electron chi connectivity index (χ2n) is 6.21. The lowest BCUT2D eigenvalue weighted by Crippen LogP contribution is -2.27. The first-order valence-corrected chi connectivity index (χ1v) is 9.28. The summed E-state index contributed by atoms with van der Waals surface area (Å²) in [5.74, 6) is 0.466. The summed E-state index contributed by atoms with van der Waals surface area (Å²) in [4.78, 5) is 14.0. The van der Waals surface area contributed by atoms with Crippen LogP contribution < -0.4 is 5.14 Å². The fourth-order valence-corrected chi connectivity index (χ4v) is 3.36. The number of carbonyl (C=O) groups is 1. The fourth-order valence-electron chi connectivity index (χ4n) is 2.60. The zero-order valence-electron chi connectivity index (χ0n) is 13.4. The average molecular weight is 348 g/mol. The molecule has 1 aliphatic carbocycles. The smallest absolute Gasteiger partial charge is 0.257 e. The van der Waals surface area contributed by atoms with Crippen molar-refractivity contribution in [2.75, 3.05) is 7.05 Å². The van der Waals surface area contributed by atoms with E-state index in [9.17, 15) is 13.2 Å². The number of benzene rings is 1. The summed E-state index contributed by atoms with van der Waals surface area (Å²) in [6.45, 7) is 0.991. The molecule has 1 saturated carbocycles. The maximum atomic E-state index is 12.5. The van der Waals surface area contributed by atoms with E-state index in [1.807, 2.05) is 0 Å². The molecule has 0 bridgehead atoms. The number of carbonyl (C=O) groups excluding carboxylic acids is 1. The highest BCUT2D eigenvalue weighted by atomic mass is 32.2. The molecule has 0 radical (unpaired) electrons. The summed E-state index contributed by atoms with van der Waals surface area (Å²) in [6.07, 6.45) is 5.72. The number of nitrogens with zero attached hydrogens (tertiary/aromatic N) is 3. The van der Waals surface area contributed by atoms with Crippen molar-refractivity contribution < 1.29 is 13.2 Å². The summed E-state index contributed by atoms with van der Waals surface area (Å²) in [7, 11) is -2.20. The zero-order chi connectivity index (χ0) is 17.3. The van der Waals surface area contributed by atoms with Crippen molar-refractivity contribution in [2.45, 2.75) is 30.8 Å². The minimum Gasteiger partial charge on any atom is -0.337 e. The van der Waals surface area contributed by atoms with E-state index < -0.39 is 10.0 Å². The maximum absolute atomic E-state index is 12.5. The lowest BCUT2D eigenvalue weighted by atomic mass is 10.2. The third-order valence-corrected chi connectivity index (χ3v) is 5.07. The largest absolute Gasteiger partial charge is 0.337 e. The van der Waals surface area contributed by atoms with Crippen LogP contribution in [-0.2, 0) is 23.1 Å². The van der Waals surface area contributed by atoms with E-state index in [2.05, 4.69) is 5.10 Å². The number of amides is 1. The molecule has 0 saturated heterocycles. The number of hydrogen-bond donors (Lipinski definition) is 1. The molecule has 1 heterocycles. The molecule has 0 spiro atoms. The Morgan fingerprint density at radius 1 is 1.38 bits per heavy atom. The highest BCUT2D eigenvalue weighted by Gasteiger charge is 2.23. The van der Waals surface area contributed by atoms with Crippen LogP contribution in [0, 0.1) is 5.92 Å². The van der Waals surface area contributed by atoms with Gasteiger partial charge >= 0.3 is 0 Å². The van der Waals surface area contributed by atoms with Crippen LogP contribution in [0.3, 0.4) is 0 Å². The lowest BCUT2D eigenvalue weighted by molar-refractivity contribution is 0.0784. The second-order valence-corrected chi connectivity index (χ2v) is 7.74. The van der Waals surface area contributed by atoms with Gasteiger partial charge in [-0.3, -0.25) is 9.48 Å². The Morgan fingerprint density at radius 3 is 2.75 bits per heavy atom. The minimum absolute atomic E-state index is 0.0362. The van der Waals surface area contributed by atoms with Gasteiger partial charge in [0.25, 0.3) is 5.91 Å². The molecule has 2 N–H and O–H groups in total. The van der Waals surface area contributed by atoms with Crippen molar-refractivity contribution in [2.24, 2.45) is 11.1 Å². The van der Waals surface area contributed by atoms with Crippen molar-refractivity contribution in [3.8, 4) is 0 Å². The first-order chi connectivity index (χ1) is 11.3. The molecule has 0 aliphatic heterocycles. The molecule has 1 aromatic heterocycles. The normalized spacial score (nSPS) is 14.6. The van der Waals surface area contributed by atoms with Crippen molar-refractivity contribution in [3.63, 3.8) is 0 Å². The molecular weight excluding hydrogens is 328 g/mol. The van der Waals surface area contributed by atoms with Crippen LogP contribution in [0.4, 0.5) is 0 Å². The van der Waals surface area contributed by atoms with E-state index in [1.165, 1.54) is 23.8 Å². The predicted molar refractivity (Wildman–Crippen MR) is 88.6 cm³/mol. The Kier molecular flexibility index (Phi) is 4.42. The quantitative estimate of drug-likeness (QED) is 0.848. The number of nitrogens with two attached hydrogens (primary N) is 1. The van der Waals surface area contributed by atoms with Crippen LogP contribution in [-0.4, -0.2) is 36.1 Å². The van der Waals surface area contributed by atoms with Crippen LogP contribution in [0.2, 0.25) is 0 Å². The van der Waals surface area contributed by atoms with E-state index >= 15 is 0 Å². The minimum atomic E-state index is -3.83. The van der Waals surface area contributed by atoms with Crippen LogP contribution in [0.1, 0.15) is 28.8 Å². The Bertz CT molecular complexity index is 856. The highest BCUT2D eigenvalue weighted by molar-refractivity contribution is 7.89. The van der Waals surface area contributed by atoms with Crippen molar-refractivity contribution in [3.05, 3.63) is 47.8 Å². The Morgan fingerprint density at radius 2 is 2.08 bits per heavy atom. The van der Waals surface area contributed by atoms with Crippen molar-refractivity contribution in [1.29, 1.82) is 0 Å². The second kappa shape index (κ2) is 6.37. The molecule has 128 valence electrons. The molecule has 24 heavy (non-hydrogen) atoms. The lowest BCUT2D eigenvalue weighted by Gasteiger charge is -2.18. The predicted octanol–water partition coefficient (Wildman–Crippen LogP) is 1.21. The topological polar surface area (TPSA) is 98.3 Å². The highest BCUT2D eigenvalue weighted by Crippen LogP contribution is 2.30. The number of sulfonamides is 1. The monoisotopic (exact) mass is 348 g/mol. The molecule has 1 aliphatic rings. The summed E-state index contributed by atoms with van der Waals surface area (Å²) in [5.41, 5.74) is 0.979. The molecule has 1 amide bonds. The SMILES string of the molecule is CN(Cc1ccccc1S(N)(=O)=O)C(=O)c1cnn(CC2CC2)c1. The van der Waals surface area contributed by atoms with Gasteiger partial charge in [-0.1, -0.05) is 18.2 Å². The summed E-state index contributed by atoms with van der Waals surface area (Å²) < 4.78 is 25.1. The van der Waals surface area contributed by atoms with E-state index in [1.54, 1.807) is 42.3 Å². The van der Waals surface area contributed by atoms with Crippen molar-refractivity contribution >= 4 is 15.9 Å². The molecule has 0 atom stereocenters. The molecular formula is C16H20N4O3S. The summed E-state index contributed by atoms with van der Waals surface area (Å²) in [6, 6.07) is 6.42. The molecule has 0 unspecified atom stereocenters. The van der Waals surface area contributed by atoms with Gasteiger partial charge in [0, 0.05) is 26.3 Å². The van der Waals surface area contributed by atoms with Crippen molar-refractivity contribution in [1.82, 2.24) is 14.7 Å². The Labute approximate surface area is 141 Å². The van der Waals surface area contributed by atoms with Gasteiger partial charge in [0.2, 0.25) is 10.0 Å². The molecule has 3 rings (SSSR count). The Hall–Kier alpha value is -2.19. The van der Waals surface area contributed by atoms with Gasteiger partial charge in [-0.2, -0.15) is 5.10 Å².